The molecule has 20 unspecified atom stereocenters. The molecule has 2 aliphatic heterocycles. The molecule has 0 aromatic heterocycles. The zero-order chi connectivity index (χ0) is 41.1. The van der Waals surface area contributed by atoms with Crippen LogP contribution in [0.3, 0.4) is 0 Å². The van der Waals surface area contributed by atoms with Gasteiger partial charge in [-0.3, -0.25) is 4.79 Å². The molecule has 322 valence electrons. The number of hydrogen-bond donors (Lipinski definition) is 8. The van der Waals surface area contributed by atoms with Gasteiger partial charge < -0.3 is 64.5 Å². The second-order valence-corrected chi connectivity index (χ2v) is 20.9. The van der Waals surface area contributed by atoms with Gasteiger partial charge in [0, 0.05) is 6.92 Å². The van der Waals surface area contributed by atoms with Gasteiger partial charge in [0.05, 0.1) is 43.2 Å². The van der Waals surface area contributed by atoms with Gasteiger partial charge in [-0.05, 0) is 122 Å². The second-order valence-electron chi connectivity index (χ2n) is 20.9. The number of fused-ring (bicyclic) bond motifs is 2. The number of rotatable bonds is 10. The second kappa shape index (κ2) is 14.6. The van der Waals surface area contributed by atoms with Gasteiger partial charge in [-0.25, -0.2) is 0 Å². The molecular weight excluding hydrogens is 728 g/mol. The van der Waals surface area contributed by atoms with E-state index in [0.29, 0.717) is 32.1 Å². The molecule has 0 amide bonds. The Hall–Kier alpha value is -1.01. The normalized spacial score (nSPS) is 52.1. The van der Waals surface area contributed by atoms with Crippen LogP contribution in [0.5, 0.6) is 0 Å². The lowest BCUT2D eigenvalue weighted by atomic mass is 9.41. The van der Waals surface area contributed by atoms with E-state index in [0.717, 1.165) is 25.7 Å². The molecule has 5 aliphatic carbocycles. The number of aliphatic hydroxyl groups excluding tert-OH is 7. The first-order chi connectivity index (χ1) is 25.9. The maximum atomic E-state index is 12.4. The van der Waals surface area contributed by atoms with Gasteiger partial charge in [0.15, 0.2) is 24.8 Å². The summed E-state index contributed by atoms with van der Waals surface area (Å²) >= 11 is 0. The minimum Gasteiger partial charge on any atom is -0.457 e. The van der Waals surface area contributed by atoms with Crippen molar-refractivity contribution in [1.29, 1.82) is 0 Å². The van der Waals surface area contributed by atoms with E-state index in [-0.39, 0.29) is 58.5 Å². The smallest absolute Gasteiger partial charge is 0.303 e. The maximum Gasteiger partial charge on any atom is 0.303 e. The number of hydrogen-bond acceptors (Lipinski definition) is 14. The molecule has 0 aromatic carbocycles. The van der Waals surface area contributed by atoms with E-state index in [2.05, 4.69) is 34.6 Å². The predicted molar refractivity (Wildman–Crippen MR) is 199 cm³/mol. The van der Waals surface area contributed by atoms with E-state index < -0.39 is 90.6 Å². The van der Waals surface area contributed by atoms with Crippen LogP contribution in [0.25, 0.3) is 0 Å². The summed E-state index contributed by atoms with van der Waals surface area (Å²) < 4.78 is 29.9. The fourth-order valence-electron chi connectivity index (χ4n) is 14.3. The van der Waals surface area contributed by atoms with Gasteiger partial charge in [-0.2, -0.15) is 0 Å². The van der Waals surface area contributed by atoms with E-state index in [4.69, 9.17) is 23.7 Å². The van der Waals surface area contributed by atoms with Crippen molar-refractivity contribution in [3.8, 4) is 0 Å². The Morgan fingerprint density at radius 1 is 0.804 bits per heavy atom. The standard InChI is InChI=1S/C42H70O14/c1-20(9-10-27(48)38(5,6)51)29-23(45)16-40(8)26-15-22(44)34-37(3,4)28(11-12-42(34)19-41(26,42)14-13-39(29,40)7)55-36-33(32(54-21(2)43)25(47)18-53-36)56-35-31(50)30(49)24(46)17-52-35/h20,22-36,44-51H,9-19H2,1-8H3. The molecule has 8 N–H and O–H groups in total. The van der Waals surface area contributed by atoms with Crippen LogP contribution in [0.1, 0.15) is 113 Å². The van der Waals surface area contributed by atoms with Crippen LogP contribution in [0, 0.1) is 50.7 Å². The van der Waals surface area contributed by atoms with Gasteiger partial charge in [0.2, 0.25) is 0 Å². The van der Waals surface area contributed by atoms with Crippen LogP contribution in [0.15, 0.2) is 0 Å². The van der Waals surface area contributed by atoms with Crippen molar-refractivity contribution in [1.82, 2.24) is 0 Å². The highest BCUT2D eigenvalue weighted by Gasteiger charge is 2.84. The zero-order valence-corrected chi connectivity index (χ0v) is 34.5. The van der Waals surface area contributed by atoms with Crippen molar-refractivity contribution in [2.45, 2.75) is 192 Å². The molecule has 0 bridgehead atoms. The number of carbonyl (C=O) groups excluding carboxylic acids is 1. The molecule has 14 nitrogen and oxygen atoms in total. The predicted octanol–water partition coefficient (Wildman–Crippen LogP) is 1.77. The first-order valence-electron chi connectivity index (χ1n) is 21.2. The molecule has 2 saturated heterocycles. The molecule has 7 fully saturated rings. The lowest BCUT2D eigenvalue weighted by Crippen LogP contribution is -2.64. The Labute approximate surface area is 331 Å². The SMILES string of the molecule is CC(=O)OC1C(O)COC(OC2CCC34CC35CCC3(C)C(C(C)CCC(O)C(C)(C)O)C(O)CC3(C)C5CC(O)C4C2(C)C)C1OC1OCC(O)C(O)C1O. The van der Waals surface area contributed by atoms with Gasteiger partial charge >= 0.3 is 5.97 Å². The Morgan fingerprint density at radius 2 is 1.46 bits per heavy atom. The summed E-state index contributed by atoms with van der Waals surface area (Å²) in [5.41, 5.74) is -2.18. The number of carbonyl (C=O) groups is 1. The average Bonchev–Trinajstić information content (AvgIpc) is 3.69. The zero-order valence-electron chi connectivity index (χ0n) is 34.5. The van der Waals surface area contributed by atoms with Crippen molar-refractivity contribution >= 4 is 5.97 Å². The van der Waals surface area contributed by atoms with E-state index in [1.54, 1.807) is 13.8 Å². The molecule has 2 spiro atoms. The molecule has 0 aromatic rings. The van der Waals surface area contributed by atoms with Gasteiger partial charge in [0.1, 0.15) is 24.4 Å². The van der Waals surface area contributed by atoms with Gasteiger partial charge in [-0.15, -0.1) is 0 Å². The minimum atomic E-state index is -1.64. The minimum absolute atomic E-state index is 0.0275. The third kappa shape index (κ3) is 6.54. The van der Waals surface area contributed by atoms with Crippen LogP contribution < -0.4 is 0 Å². The lowest BCUT2D eigenvalue weighted by molar-refractivity contribution is -0.356. The summed E-state index contributed by atoms with van der Waals surface area (Å²) in [6.07, 6.45) is -6.34. The molecule has 14 heteroatoms. The fraction of sp³-hybridized carbons (Fsp3) is 0.976. The number of esters is 1. The molecule has 5 saturated carbocycles. The van der Waals surface area contributed by atoms with Crippen LogP contribution in [0.4, 0.5) is 0 Å². The third-order valence-electron chi connectivity index (χ3n) is 17.1. The Balaban J connectivity index is 1.10. The molecule has 0 radical (unpaired) electrons. The summed E-state index contributed by atoms with van der Waals surface area (Å²) in [7, 11) is 0. The third-order valence-corrected chi connectivity index (χ3v) is 17.1. The Bertz CT molecular complexity index is 1450. The lowest BCUT2D eigenvalue weighted by Gasteiger charge is -2.64. The summed E-state index contributed by atoms with van der Waals surface area (Å²) in [4.78, 5) is 12.2. The summed E-state index contributed by atoms with van der Waals surface area (Å²) in [6.45, 7) is 15.1. The first kappa shape index (κ1) is 43.1. The Kier molecular flexibility index (Phi) is 11.2. The highest BCUT2D eigenvalue weighted by molar-refractivity contribution is 5.66. The van der Waals surface area contributed by atoms with E-state index in [1.165, 1.54) is 6.92 Å². The summed E-state index contributed by atoms with van der Waals surface area (Å²) in [5, 5.41) is 87.1. The van der Waals surface area contributed by atoms with Crippen molar-refractivity contribution in [2.75, 3.05) is 13.2 Å². The van der Waals surface area contributed by atoms with Crippen molar-refractivity contribution in [3.05, 3.63) is 0 Å². The fourth-order valence-corrected chi connectivity index (χ4v) is 14.3. The largest absolute Gasteiger partial charge is 0.457 e. The molecular formula is C42H70O14. The van der Waals surface area contributed by atoms with E-state index in [9.17, 15) is 45.6 Å². The summed E-state index contributed by atoms with van der Waals surface area (Å²) in [5.74, 6) is -0.356. The number of aliphatic hydroxyl groups is 8. The van der Waals surface area contributed by atoms with Gasteiger partial charge in [-0.1, -0.05) is 34.6 Å². The number of ether oxygens (including phenoxy) is 5. The average molecular weight is 799 g/mol. The van der Waals surface area contributed by atoms with E-state index in [1.807, 2.05) is 0 Å². The van der Waals surface area contributed by atoms with Crippen molar-refractivity contribution < 1.29 is 69.3 Å². The van der Waals surface area contributed by atoms with Gasteiger partial charge in [0.25, 0.3) is 0 Å². The molecule has 56 heavy (non-hydrogen) atoms. The highest BCUT2D eigenvalue weighted by Crippen LogP contribution is 2.89. The first-order valence-corrected chi connectivity index (χ1v) is 21.2. The molecule has 7 aliphatic rings. The molecule has 7 rings (SSSR count). The summed E-state index contributed by atoms with van der Waals surface area (Å²) in [6, 6.07) is 0. The topological polar surface area (TPSA) is 225 Å². The maximum absolute atomic E-state index is 12.4. The van der Waals surface area contributed by atoms with Crippen molar-refractivity contribution in [3.63, 3.8) is 0 Å². The highest BCUT2D eigenvalue weighted by atomic mass is 16.8. The quantitative estimate of drug-likeness (QED) is 0.117. The van der Waals surface area contributed by atoms with Crippen LogP contribution >= 0.6 is 0 Å². The van der Waals surface area contributed by atoms with Crippen molar-refractivity contribution in [2.24, 2.45) is 50.7 Å². The molecule has 2 heterocycles. The van der Waals surface area contributed by atoms with Crippen LogP contribution in [0.2, 0.25) is 0 Å². The Morgan fingerprint density at radius 3 is 2.12 bits per heavy atom. The van der Waals surface area contributed by atoms with Crippen LogP contribution in [-0.4, -0.2) is 139 Å². The van der Waals surface area contributed by atoms with Crippen LogP contribution in [-0.2, 0) is 28.5 Å². The van der Waals surface area contributed by atoms with E-state index >= 15 is 0 Å². The monoisotopic (exact) mass is 798 g/mol. The molecule has 20 atom stereocenters.